The molecule has 9 heteroatoms. The van der Waals surface area contributed by atoms with Crippen LogP contribution in [-0.2, 0) is 10.0 Å². The smallest absolute Gasteiger partial charge is 0.269 e. The second-order valence-electron chi connectivity index (χ2n) is 10.3. The van der Waals surface area contributed by atoms with Crippen LogP contribution < -0.4 is 5.84 Å². The second-order valence-corrected chi connectivity index (χ2v) is 12.1. The van der Waals surface area contributed by atoms with Crippen LogP contribution in [0.2, 0.25) is 0 Å². The molecule has 0 amide bonds. The molecule has 5 atom stereocenters. The predicted molar refractivity (Wildman–Crippen MR) is 144 cm³/mol. The van der Waals surface area contributed by atoms with Gasteiger partial charge in [0, 0.05) is 55.4 Å². The molecule has 4 N–H and O–H groups in total. The Morgan fingerprint density at radius 2 is 2.00 bits per heavy atom. The summed E-state index contributed by atoms with van der Waals surface area (Å²) < 4.78 is 28.4. The maximum Gasteiger partial charge on any atom is 0.269 e. The molecule has 8 nitrogen and oxygen atoms in total. The van der Waals surface area contributed by atoms with Crippen molar-refractivity contribution in [3.05, 3.63) is 78.8 Å². The minimum Gasteiger partial charge on any atom is -0.396 e. The Bertz CT molecular complexity index is 1430. The van der Waals surface area contributed by atoms with Gasteiger partial charge in [-0.25, -0.2) is 23.2 Å². The zero-order valence-corrected chi connectivity index (χ0v) is 21.8. The fourth-order valence-corrected chi connectivity index (χ4v) is 7.76. The van der Waals surface area contributed by atoms with Crippen molar-refractivity contribution in [2.45, 2.75) is 30.1 Å². The van der Waals surface area contributed by atoms with Crippen LogP contribution in [0.1, 0.15) is 36.3 Å². The molecular weight excluding hydrogens is 488 g/mol. The van der Waals surface area contributed by atoms with Crippen LogP contribution >= 0.6 is 0 Å². The average molecular weight is 523 g/mol. The van der Waals surface area contributed by atoms with Crippen LogP contribution in [0.4, 0.5) is 0 Å². The van der Waals surface area contributed by atoms with E-state index in [1.54, 1.807) is 62.0 Å². The summed E-state index contributed by atoms with van der Waals surface area (Å²) in [6.07, 6.45) is 9.71. The van der Waals surface area contributed by atoms with Gasteiger partial charge in [-0.05, 0) is 72.6 Å². The lowest BCUT2D eigenvalue weighted by Crippen LogP contribution is -2.48. The fourth-order valence-electron chi connectivity index (χ4n) is 6.41. The number of aliphatic hydroxyl groups excluding tert-OH is 2. The molecule has 5 rings (SSSR count). The lowest BCUT2D eigenvalue weighted by molar-refractivity contribution is -0.0535. The first-order chi connectivity index (χ1) is 17.8. The number of benzene rings is 1. The van der Waals surface area contributed by atoms with Crippen molar-refractivity contribution in [2.24, 2.45) is 29.5 Å². The van der Waals surface area contributed by atoms with Gasteiger partial charge in [0.25, 0.3) is 10.0 Å². The van der Waals surface area contributed by atoms with Gasteiger partial charge in [0.15, 0.2) is 5.65 Å². The third kappa shape index (κ3) is 4.40. The van der Waals surface area contributed by atoms with E-state index in [1.807, 2.05) is 6.07 Å². The Hall–Kier alpha value is -2.98. The Balaban J connectivity index is 1.65. The van der Waals surface area contributed by atoms with E-state index in [0.717, 1.165) is 24.8 Å². The number of fused-ring (bicyclic) bond motifs is 2. The average Bonchev–Trinajstić information content (AvgIpc) is 3.27. The van der Waals surface area contributed by atoms with Crippen molar-refractivity contribution in [2.75, 3.05) is 20.3 Å². The first-order valence-electron chi connectivity index (χ1n) is 12.7. The van der Waals surface area contributed by atoms with Crippen molar-refractivity contribution >= 4 is 26.6 Å². The summed E-state index contributed by atoms with van der Waals surface area (Å²) in [4.78, 5) is 4.86. The Morgan fingerprint density at radius 3 is 2.65 bits per heavy atom. The maximum atomic E-state index is 13.6. The maximum absolute atomic E-state index is 13.6. The van der Waals surface area contributed by atoms with E-state index >= 15 is 0 Å². The summed E-state index contributed by atoms with van der Waals surface area (Å²) in [5, 5.41) is 22.1. The molecule has 0 aliphatic heterocycles. The van der Waals surface area contributed by atoms with Crippen LogP contribution in [0.25, 0.3) is 16.6 Å². The van der Waals surface area contributed by atoms with Gasteiger partial charge in [0.2, 0.25) is 0 Å². The minimum absolute atomic E-state index is 0.0512. The molecule has 1 aromatic carbocycles. The highest BCUT2D eigenvalue weighted by atomic mass is 32.2. The molecule has 0 saturated heterocycles. The highest BCUT2D eigenvalue weighted by Gasteiger charge is 2.50. The van der Waals surface area contributed by atoms with Gasteiger partial charge in [-0.1, -0.05) is 30.9 Å². The first-order valence-corrected chi connectivity index (χ1v) is 14.1. The zero-order chi connectivity index (χ0) is 26.3. The van der Waals surface area contributed by atoms with Crippen LogP contribution in [0, 0.1) is 23.7 Å². The Labute approximate surface area is 217 Å². The van der Waals surface area contributed by atoms with Crippen LogP contribution in [0.15, 0.2) is 72.5 Å². The van der Waals surface area contributed by atoms with E-state index in [-0.39, 0.29) is 41.8 Å². The lowest BCUT2D eigenvalue weighted by atomic mass is 9.51. The van der Waals surface area contributed by atoms with E-state index < -0.39 is 10.0 Å². The molecule has 2 aromatic heterocycles. The lowest BCUT2D eigenvalue weighted by Gasteiger charge is -2.54. The Morgan fingerprint density at radius 1 is 1.24 bits per heavy atom. The number of hydrogen-bond acceptors (Lipinski definition) is 7. The minimum atomic E-state index is -3.90. The van der Waals surface area contributed by atoms with E-state index in [2.05, 4.69) is 11.6 Å². The summed E-state index contributed by atoms with van der Waals surface area (Å²) in [6, 6.07) is 10.3. The monoisotopic (exact) mass is 522 g/mol. The molecule has 196 valence electrons. The number of nitrogens with two attached hydrogens (primary N) is 1. The molecule has 3 aromatic rings. The number of aliphatic hydroxyl groups is 2. The van der Waals surface area contributed by atoms with Gasteiger partial charge in [-0.15, -0.1) is 0 Å². The number of hydrogen-bond donors (Lipinski definition) is 3. The number of hydrazine groups is 1. The molecule has 2 heterocycles. The van der Waals surface area contributed by atoms with Gasteiger partial charge in [0.05, 0.1) is 4.90 Å². The molecule has 3 unspecified atom stereocenters. The summed E-state index contributed by atoms with van der Waals surface area (Å²) in [6.45, 7) is 4.07. The van der Waals surface area contributed by atoms with Crippen molar-refractivity contribution < 1.29 is 18.6 Å². The predicted octanol–water partition coefficient (Wildman–Crippen LogP) is 3.34. The number of pyridine rings is 1. The number of rotatable bonds is 8. The fraction of sp³-hybridized carbons (Fsp3) is 0.393. The van der Waals surface area contributed by atoms with Gasteiger partial charge in [-0.3, -0.25) is 0 Å². The molecule has 2 aliphatic carbocycles. The largest absolute Gasteiger partial charge is 0.396 e. The second kappa shape index (κ2) is 10.1. The van der Waals surface area contributed by atoms with Crippen molar-refractivity contribution in [1.29, 1.82) is 0 Å². The van der Waals surface area contributed by atoms with Crippen molar-refractivity contribution in [3.8, 4) is 0 Å². The summed E-state index contributed by atoms with van der Waals surface area (Å²) in [5.41, 5.74) is 2.70. The number of aromatic nitrogens is 2. The number of nitrogens with zero attached hydrogens (tertiary/aromatic N) is 3. The van der Waals surface area contributed by atoms with Crippen molar-refractivity contribution in [3.63, 3.8) is 0 Å². The third-order valence-electron chi connectivity index (χ3n) is 8.25. The highest BCUT2D eigenvalue weighted by Crippen LogP contribution is 2.58. The van der Waals surface area contributed by atoms with Gasteiger partial charge >= 0.3 is 0 Å². The van der Waals surface area contributed by atoms with Gasteiger partial charge in [-0.2, -0.15) is 0 Å². The Kier molecular flexibility index (Phi) is 6.97. The molecular formula is C28H34N4O4S. The molecule has 2 fully saturated rings. The molecule has 0 spiro atoms. The molecule has 2 saturated carbocycles. The van der Waals surface area contributed by atoms with E-state index in [1.165, 1.54) is 8.98 Å². The standard InChI is InChI=1S/C28H34N4O4S/c1-3-18(14-31(2)29)25-15-32(37(35,36)22-7-5-4-6-8-22)28-24(25)12-21(13-30-28)23-11-19-9-10-20(16-33)26(17-34)27(19)23/h3-8,12-15,19-20,23,26-27,33-34H,1,9-11,16-17,29H2,2H3/b18-14+/t19-,20-,23?,26?,27?/m0/s1. The van der Waals surface area contributed by atoms with E-state index in [4.69, 9.17) is 5.84 Å². The SMILES string of the molecule is C=C/C(=C\N(C)N)c1cn(S(=O)(=O)c2ccccc2)c2ncc(C3C[C@@H]4CC[C@@H](CO)C(CO)C34)cc12. The topological polar surface area (TPSA) is 122 Å². The zero-order valence-electron chi connectivity index (χ0n) is 20.9. The van der Waals surface area contributed by atoms with Crippen LogP contribution in [-0.4, -0.2) is 52.9 Å². The highest BCUT2D eigenvalue weighted by molar-refractivity contribution is 7.90. The molecule has 37 heavy (non-hydrogen) atoms. The normalized spacial score (nSPS) is 25.9. The molecule has 0 bridgehead atoms. The van der Waals surface area contributed by atoms with Crippen LogP contribution in [0.3, 0.4) is 0 Å². The van der Waals surface area contributed by atoms with Gasteiger partial charge < -0.3 is 15.2 Å². The number of allylic oxidation sites excluding steroid dienone is 2. The summed E-state index contributed by atoms with van der Waals surface area (Å²) in [7, 11) is -2.20. The third-order valence-corrected chi connectivity index (χ3v) is 9.92. The van der Waals surface area contributed by atoms with Crippen molar-refractivity contribution in [1.82, 2.24) is 14.0 Å². The van der Waals surface area contributed by atoms with Gasteiger partial charge in [0.1, 0.15) is 0 Å². The molecule has 2 aliphatic rings. The summed E-state index contributed by atoms with van der Waals surface area (Å²) in [5.74, 6) is 7.05. The van der Waals surface area contributed by atoms with E-state index in [9.17, 15) is 18.6 Å². The first kappa shape index (κ1) is 25.7. The summed E-state index contributed by atoms with van der Waals surface area (Å²) >= 11 is 0. The quantitative estimate of drug-likeness (QED) is 0.236. The van der Waals surface area contributed by atoms with Crippen LogP contribution in [0.5, 0.6) is 0 Å². The van der Waals surface area contributed by atoms with E-state index in [0.29, 0.717) is 28.1 Å². The molecule has 0 radical (unpaired) electrons.